The zero-order chi connectivity index (χ0) is 10.1. The first-order valence-corrected chi connectivity index (χ1v) is 4.71. The lowest BCUT2D eigenvalue weighted by Crippen LogP contribution is -2.19. The Bertz CT molecular complexity index is 195. The lowest BCUT2D eigenvalue weighted by Gasteiger charge is -2.12. The van der Waals surface area contributed by atoms with E-state index in [4.69, 9.17) is 5.11 Å². The molecular weight excluding hydrogens is 162 g/mol. The fraction of sp³-hybridized carbons (Fsp3) is 0.455. The Morgan fingerprint density at radius 3 is 2.15 bits per heavy atom. The van der Waals surface area contributed by atoms with Gasteiger partial charge in [-0.2, -0.15) is 0 Å². The van der Waals surface area contributed by atoms with E-state index in [0.29, 0.717) is 0 Å². The summed E-state index contributed by atoms with van der Waals surface area (Å²) in [6, 6.07) is 9.96. The number of nitrogens with one attached hydrogen (secondary N) is 1. The van der Waals surface area contributed by atoms with E-state index < -0.39 is 0 Å². The Hall–Kier alpha value is -0.860. The fourth-order valence-electron chi connectivity index (χ4n) is 1.05. The van der Waals surface area contributed by atoms with Crippen LogP contribution in [0.3, 0.4) is 0 Å². The van der Waals surface area contributed by atoms with Gasteiger partial charge in [-0.1, -0.05) is 44.2 Å². The maximum Gasteiger partial charge on any atom is 0.0626 e. The van der Waals surface area contributed by atoms with Gasteiger partial charge in [-0.3, -0.25) is 0 Å². The predicted octanol–water partition coefficient (Wildman–Crippen LogP) is 1.97. The molecule has 0 radical (unpaired) electrons. The van der Waals surface area contributed by atoms with Crippen molar-refractivity contribution in [3.63, 3.8) is 0 Å². The summed E-state index contributed by atoms with van der Waals surface area (Å²) in [5.41, 5.74) is 1.12. The van der Waals surface area contributed by atoms with E-state index in [0.717, 1.165) is 5.56 Å². The third-order valence-corrected chi connectivity index (χ3v) is 1.73. The fourth-order valence-corrected chi connectivity index (χ4v) is 1.05. The van der Waals surface area contributed by atoms with Gasteiger partial charge in [0.25, 0.3) is 0 Å². The van der Waals surface area contributed by atoms with Crippen LogP contribution >= 0.6 is 0 Å². The first-order chi connectivity index (χ1) is 6.38. The summed E-state index contributed by atoms with van der Waals surface area (Å²) in [4.78, 5) is 0. The number of benzene rings is 1. The summed E-state index contributed by atoms with van der Waals surface area (Å²) in [7, 11) is 1.84. The summed E-state index contributed by atoms with van der Waals surface area (Å²) in [6.07, 6.45) is 0. The summed E-state index contributed by atoms with van der Waals surface area (Å²) in [5.74, 6) is 0. The molecule has 0 amide bonds. The highest BCUT2D eigenvalue weighted by atomic mass is 16.3. The number of hydrogen-bond acceptors (Lipinski definition) is 2. The molecule has 0 heterocycles. The van der Waals surface area contributed by atoms with Gasteiger partial charge in [0.15, 0.2) is 0 Å². The van der Waals surface area contributed by atoms with Crippen LogP contribution in [-0.4, -0.2) is 18.8 Å². The van der Waals surface area contributed by atoms with Crippen LogP contribution in [-0.2, 0) is 0 Å². The van der Waals surface area contributed by atoms with Crippen LogP contribution in [0.1, 0.15) is 25.5 Å². The first-order valence-electron chi connectivity index (χ1n) is 4.71. The maximum absolute atomic E-state index is 8.92. The molecule has 1 aromatic carbocycles. The first kappa shape index (κ1) is 12.1. The standard InChI is InChI=1S/C9H13NO.C2H6/c1-10-9(7-11)8-5-3-2-4-6-8;1-2/h2-6,9-11H,7H2,1H3;1-2H3/t9-;/m1./s1. The summed E-state index contributed by atoms with van der Waals surface area (Å²) >= 11 is 0. The molecule has 2 heteroatoms. The Balaban J connectivity index is 0.000000671. The second-order valence-corrected chi connectivity index (χ2v) is 2.43. The molecule has 74 valence electrons. The van der Waals surface area contributed by atoms with E-state index in [1.165, 1.54) is 0 Å². The lowest BCUT2D eigenvalue weighted by atomic mass is 10.1. The van der Waals surface area contributed by atoms with Crippen LogP contribution in [0, 0.1) is 0 Å². The highest BCUT2D eigenvalue weighted by Crippen LogP contribution is 2.09. The van der Waals surface area contributed by atoms with Crippen molar-refractivity contribution in [3.8, 4) is 0 Å². The number of aliphatic hydroxyl groups is 1. The average molecular weight is 181 g/mol. The normalized spacial score (nSPS) is 11.4. The largest absolute Gasteiger partial charge is 0.394 e. The topological polar surface area (TPSA) is 32.3 Å². The van der Waals surface area contributed by atoms with Gasteiger partial charge in [0, 0.05) is 0 Å². The minimum atomic E-state index is 0.0659. The molecule has 1 rings (SSSR count). The van der Waals surface area contributed by atoms with Crippen molar-refractivity contribution in [3.05, 3.63) is 35.9 Å². The SMILES string of the molecule is CC.CN[C@H](CO)c1ccccc1. The zero-order valence-corrected chi connectivity index (χ0v) is 8.62. The minimum Gasteiger partial charge on any atom is -0.394 e. The molecule has 0 aliphatic rings. The lowest BCUT2D eigenvalue weighted by molar-refractivity contribution is 0.251. The number of aliphatic hydroxyl groups excluding tert-OH is 1. The minimum absolute atomic E-state index is 0.0659. The van der Waals surface area contributed by atoms with E-state index >= 15 is 0 Å². The van der Waals surface area contributed by atoms with Crippen LogP contribution in [0.2, 0.25) is 0 Å². The molecule has 2 nitrogen and oxygen atoms in total. The number of likely N-dealkylation sites (N-methyl/N-ethyl adjacent to an activating group) is 1. The van der Waals surface area contributed by atoms with Gasteiger partial charge in [-0.15, -0.1) is 0 Å². The van der Waals surface area contributed by atoms with Crippen molar-refractivity contribution in [1.82, 2.24) is 5.32 Å². The highest BCUT2D eigenvalue weighted by Gasteiger charge is 2.04. The Morgan fingerprint density at radius 1 is 1.23 bits per heavy atom. The molecule has 0 aromatic heterocycles. The van der Waals surface area contributed by atoms with E-state index in [1.807, 2.05) is 51.2 Å². The van der Waals surface area contributed by atoms with E-state index in [1.54, 1.807) is 0 Å². The van der Waals surface area contributed by atoms with Gasteiger partial charge >= 0.3 is 0 Å². The third kappa shape index (κ3) is 4.06. The van der Waals surface area contributed by atoms with Crippen molar-refractivity contribution in [1.29, 1.82) is 0 Å². The molecule has 13 heavy (non-hydrogen) atoms. The van der Waals surface area contributed by atoms with Crippen LogP contribution in [0.5, 0.6) is 0 Å². The average Bonchev–Trinajstić information content (AvgIpc) is 2.24. The molecule has 0 saturated heterocycles. The molecule has 0 spiro atoms. The third-order valence-electron chi connectivity index (χ3n) is 1.73. The molecular formula is C11H19NO. The highest BCUT2D eigenvalue weighted by molar-refractivity contribution is 5.18. The predicted molar refractivity (Wildman–Crippen MR) is 56.7 cm³/mol. The van der Waals surface area contributed by atoms with E-state index in [2.05, 4.69) is 5.32 Å². The molecule has 0 saturated carbocycles. The van der Waals surface area contributed by atoms with E-state index in [9.17, 15) is 0 Å². The Morgan fingerprint density at radius 2 is 1.77 bits per heavy atom. The quantitative estimate of drug-likeness (QED) is 0.747. The van der Waals surface area contributed by atoms with Crippen LogP contribution in [0.4, 0.5) is 0 Å². The summed E-state index contributed by atoms with van der Waals surface area (Å²) in [5, 5.41) is 11.9. The van der Waals surface area contributed by atoms with Crippen molar-refractivity contribution < 1.29 is 5.11 Å². The summed E-state index contributed by atoms with van der Waals surface area (Å²) < 4.78 is 0. The monoisotopic (exact) mass is 181 g/mol. The van der Waals surface area contributed by atoms with Gasteiger partial charge in [0.1, 0.15) is 0 Å². The van der Waals surface area contributed by atoms with Gasteiger partial charge < -0.3 is 10.4 Å². The molecule has 0 aliphatic heterocycles. The van der Waals surface area contributed by atoms with Crippen LogP contribution in [0.25, 0.3) is 0 Å². The zero-order valence-electron chi connectivity index (χ0n) is 8.62. The second kappa shape index (κ2) is 7.77. The van der Waals surface area contributed by atoms with Gasteiger partial charge in [0.05, 0.1) is 12.6 Å². The maximum atomic E-state index is 8.92. The molecule has 0 fully saturated rings. The van der Waals surface area contributed by atoms with Crippen LogP contribution < -0.4 is 5.32 Å². The van der Waals surface area contributed by atoms with Crippen LogP contribution in [0.15, 0.2) is 30.3 Å². The number of hydrogen-bond donors (Lipinski definition) is 2. The smallest absolute Gasteiger partial charge is 0.0626 e. The molecule has 1 aromatic rings. The van der Waals surface area contributed by atoms with Gasteiger partial charge in [-0.25, -0.2) is 0 Å². The van der Waals surface area contributed by atoms with Crippen molar-refractivity contribution in [2.24, 2.45) is 0 Å². The second-order valence-electron chi connectivity index (χ2n) is 2.43. The Labute approximate surface area is 80.6 Å². The summed E-state index contributed by atoms with van der Waals surface area (Å²) in [6.45, 7) is 4.14. The number of rotatable bonds is 3. The molecule has 1 atom stereocenters. The molecule has 2 N–H and O–H groups in total. The van der Waals surface area contributed by atoms with Gasteiger partial charge in [0.2, 0.25) is 0 Å². The van der Waals surface area contributed by atoms with Crippen molar-refractivity contribution in [2.75, 3.05) is 13.7 Å². The van der Waals surface area contributed by atoms with Gasteiger partial charge in [-0.05, 0) is 12.6 Å². The van der Waals surface area contributed by atoms with Crippen molar-refractivity contribution in [2.45, 2.75) is 19.9 Å². The molecule has 0 bridgehead atoms. The van der Waals surface area contributed by atoms with Crippen molar-refractivity contribution >= 4 is 0 Å². The van der Waals surface area contributed by atoms with E-state index in [-0.39, 0.29) is 12.6 Å². The molecule has 0 unspecified atom stereocenters. The molecule has 0 aliphatic carbocycles. The Kier molecular flexibility index (Phi) is 7.26.